The number of nitrogens with zero attached hydrogens (tertiary/aromatic N) is 2. The van der Waals surface area contributed by atoms with Gasteiger partial charge in [0.2, 0.25) is 21.8 Å². The van der Waals surface area contributed by atoms with Crippen molar-refractivity contribution in [3.8, 4) is 5.75 Å². The van der Waals surface area contributed by atoms with E-state index in [1.807, 2.05) is 24.3 Å². The molecule has 2 aromatic carbocycles. The maximum atomic E-state index is 13.4. The number of benzene rings is 2. The molecule has 1 heterocycles. The first-order valence-electron chi connectivity index (χ1n) is 13.6. The molecular weight excluding hydrogens is 502 g/mol. The summed E-state index contributed by atoms with van der Waals surface area (Å²) in [6.45, 7) is 5.89. The monoisotopic (exact) mass is 543 g/mol. The van der Waals surface area contributed by atoms with Gasteiger partial charge in [-0.3, -0.25) is 9.59 Å². The summed E-state index contributed by atoms with van der Waals surface area (Å²) in [5, 5.41) is 2.96. The van der Waals surface area contributed by atoms with Crippen LogP contribution in [0.5, 0.6) is 5.75 Å². The minimum atomic E-state index is -3.47. The molecule has 1 fully saturated rings. The molecule has 1 aliphatic rings. The van der Waals surface area contributed by atoms with Gasteiger partial charge in [0.25, 0.3) is 0 Å². The number of nitrogens with one attached hydrogen (secondary N) is 1. The van der Waals surface area contributed by atoms with Gasteiger partial charge in [-0.25, -0.2) is 8.42 Å². The van der Waals surface area contributed by atoms with E-state index in [1.165, 1.54) is 4.31 Å². The second-order valence-corrected chi connectivity index (χ2v) is 11.7. The number of unbranched alkanes of at least 4 members (excludes halogenated alkanes) is 2. The lowest BCUT2D eigenvalue weighted by molar-refractivity contribution is -0.140. The van der Waals surface area contributed by atoms with E-state index in [9.17, 15) is 18.0 Å². The summed E-state index contributed by atoms with van der Waals surface area (Å²) < 4.78 is 32.3. The Labute approximate surface area is 227 Å². The topological polar surface area (TPSA) is 96.0 Å². The van der Waals surface area contributed by atoms with E-state index in [2.05, 4.69) is 12.2 Å². The zero-order valence-electron chi connectivity index (χ0n) is 22.8. The van der Waals surface area contributed by atoms with Crippen LogP contribution in [0.25, 0.3) is 0 Å². The summed E-state index contributed by atoms with van der Waals surface area (Å²) in [5.74, 6) is 0.425. The van der Waals surface area contributed by atoms with Gasteiger partial charge in [-0.1, -0.05) is 44.0 Å². The minimum absolute atomic E-state index is 0.134. The summed E-state index contributed by atoms with van der Waals surface area (Å²) in [5.41, 5.74) is 1.78. The summed E-state index contributed by atoms with van der Waals surface area (Å²) in [7, 11) is -1.87. The zero-order chi connectivity index (χ0) is 27.5. The molecule has 0 radical (unpaired) electrons. The van der Waals surface area contributed by atoms with Crippen LogP contribution in [0.1, 0.15) is 63.5 Å². The van der Waals surface area contributed by atoms with E-state index in [1.54, 1.807) is 43.2 Å². The van der Waals surface area contributed by atoms with Crippen LogP contribution < -0.4 is 10.1 Å². The Morgan fingerprint density at radius 2 is 1.63 bits per heavy atom. The molecule has 0 bridgehead atoms. The van der Waals surface area contributed by atoms with Crippen LogP contribution in [0.2, 0.25) is 0 Å². The molecule has 1 aliphatic heterocycles. The van der Waals surface area contributed by atoms with Crippen LogP contribution >= 0.6 is 0 Å². The van der Waals surface area contributed by atoms with Crippen molar-refractivity contribution in [2.24, 2.45) is 0 Å². The number of carbonyl (C=O) groups is 2. The van der Waals surface area contributed by atoms with Gasteiger partial charge < -0.3 is 15.0 Å². The number of ether oxygens (including phenoxy) is 1. The predicted octanol–water partition coefficient (Wildman–Crippen LogP) is 4.14. The van der Waals surface area contributed by atoms with Crippen LogP contribution in [-0.2, 0) is 32.6 Å². The van der Waals surface area contributed by atoms with E-state index in [0.717, 1.165) is 49.0 Å². The van der Waals surface area contributed by atoms with Crippen LogP contribution in [0.15, 0.2) is 53.4 Å². The highest BCUT2D eigenvalue weighted by Crippen LogP contribution is 2.22. The lowest BCUT2D eigenvalue weighted by atomic mass is 10.1. The first-order chi connectivity index (χ1) is 18.3. The van der Waals surface area contributed by atoms with Crippen molar-refractivity contribution < 1.29 is 22.7 Å². The Hall–Kier alpha value is -2.91. The average Bonchev–Trinajstić information content (AvgIpc) is 3.49. The van der Waals surface area contributed by atoms with Crippen LogP contribution in [0.4, 0.5) is 0 Å². The Bertz CT molecular complexity index is 1140. The van der Waals surface area contributed by atoms with Gasteiger partial charge in [0.15, 0.2) is 0 Å². The Kier molecular flexibility index (Phi) is 11.2. The summed E-state index contributed by atoms with van der Waals surface area (Å²) in [6.07, 6.45) is 5.46. The Morgan fingerprint density at radius 3 is 2.24 bits per heavy atom. The van der Waals surface area contributed by atoms with E-state index in [-0.39, 0.29) is 23.1 Å². The summed E-state index contributed by atoms with van der Waals surface area (Å²) >= 11 is 0. The van der Waals surface area contributed by atoms with Gasteiger partial charge >= 0.3 is 0 Å². The molecule has 0 aromatic heterocycles. The number of carbonyl (C=O) groups excluding carboxylic acids is 2. The van der Waals surface area contributed by atoms with Crippen molar-refractivity contribution >= 4 is 21.8 Å². The summed E-state index contributed by atoms with van der Waals surface area (Å²) in [6, 6.07) is 13.6. The zero-order valence-corrected chi connectivity index (χ0v) is 23.6. The third kappa shape index (κ3) is 8.04. The average molecular weight is 544 g/mol. The van der Waals surface area contributed by atoms with Crippen LogP contribution in [-0.4, -0.2) is 62.2 Å². The van der Waals surface area contributed by atoms with Crippen molar-refractivity contribution in [3.63, 3.8) is 0 Å². The molecule has 9 heteroatoms. The van der Waals surface area contributed by atoms with Crippen LogP contribution in [0, 0.1) is 0 Å². The van der Waals surface area contributed by atoms with E-state index in [0.29, 0.717) is 32.6 Å². The van der Waals surface area contributed by atoms with Gasteiger partial charge in [0.1, 0.15) is 11.8 Å². The van der Waals surface area contributed by atoms with Crippen molar-refractivity contribution in [1.29, 1.82) is 0 Å². The van der Waals surface area contributed by atoms with Crippen molar-refractivity contribution in [1.82, 2.24) is 14.5 Å². The molecular formula is C29H41N3O5S. The van der Waals surface area contributed by atoms with Crippen molar-refractivity contribution in [3.05, 3.63) is 59.7 Å². The summed E-state index contributed by atoms with van der Waals surface area (Å²) in [4.78, 5) is 28.2. The molecule has 0 spiro atoms. The standard InChI is InChI=1S/C29H41N3O5S/c1-4-5-6-19-30-29(34)23(2)32(22-25-9-14-26(37-3)15-10-25)28(33)18-13-24-11-16-27(17-12-24)38(35,36)31-20-7-8-21-31/h9-12,14-17,23H,4-8,13,18-22H2,1-3H3,(H,30,34)/t23-/m0/s1. The SMILES string of the molecule is CCCCCNC(=O)[C@H](C)N(Cc1ccc(OC)cc1)C(=O)CCc1ccc(S(=O)(=O)N2CCCC2)cc1. The number of rotatable bonds is 14. The third-order valence-corrected chi connectivity index (χ3v) is 8.93. The number of amides is 2. The second-order valence-electron chi connectivity index (χ2n) is 9.80. The van der Waals surface area contributed by atoms with Gasteiger partial charge in [-0.05, 0) is 68.0 Å². The number of sulfonamides is 1. The van der Waals surface area contributed by atoms with E-state index in [4.69, 9.17) is 4.74 Å². The molecule has 2 aromatic rings. The van der Waals surface area contributed by atoms with Gasteiger partial charge in [0.05, 0.1) is 12.0 Å². The third-order valence-electron chi connectivity index (χ3n) is 7.01. The first kappa shape index (κ1) is 29.6. The first-order valence-corrected chi connectivity index (χ1v) is 15.0. The van der Waals surface area contributed by atoms with Crippen LogP contribution in [0.3, 0.4) is 0 Å². The normalized spacial score (nSPS) is 14.7. The van der Waals surface area contributed by atoms with Gasteiger partial charge in [-0.2, -0.15) is 4.31 Å². The quantitative estimate of drug-likeness (QED) is 0.362. The number of aryl methyl sites for hydroxylation is 1. The molecule has 1 saturated heterocycles. The number of methoxy groups -OCH3 is 1. The lowest BCUT2D eigenvalue weighted by Gasteiger charge is -2.29. The number of hydrogen-bond donors (Lipinski definition) is 1. The molecule has 2 amide bonds. The molecule has 8 nitrogen and oxygen atoms in total. The minimum Gasteiger partial charge on any atom is -0.497 e. The second kappa shape index (κ2) is 14.3. The van der Waals surface area contributed by atoms with Gasteiger partial charge in [-0.15, -0.1) is 0 Å². The highest BCUT2D eigenvalue weighted by atomic mass is 32.2. The van der Waals surface area contributed by atoms with E-state index < -0.39 is 16.1 Å². The van der Waals surface area contributed by atoms with E-state index >= 15 is 0 Å². The fourth-order valence-electron chi connectivity index (χ4n) is 4.55. The van der Waals surface area contributed by atoms with Gasteiger partial charge in [0, 0.05) is 32.6 Å². The maximum absolute atomic E-state index is 13.4. The predicted molar refractivity (Wildman–Crippen MR) is 148 cm³/mol. The Morgan fingerprint density at radius 1 is 1.00 bits per heavy atom. The maximum Gasteiger partial charge on any atom is 0.243 e. The largest absolute Gasteiger partial charge is 0.497 e. The molecule has 0 saturated carbocycles. The molecule has 208 valence electrons. The molecule has 0 unspecified atom stereocenters. The lowest BCUT2D eigenvalue weighted by Crippen LogP contribution is -2.47. The highest BCUT2D eigenvalue weighted by molar-refractivity contribution is 7.89. The molecule has 0 aliphatic carbocycles. The molecule has 1 N–H and O–H groups in total. The van der Waals surface area contributed by atoms with Crippen molar-refractivity contribution in [2.75, 3.05) is 26.7 Å². The fourth-order valence-corrected chi connectivity index (χ4v) is 6.06. The van der Waals surface area contributed by atoms with Crippen molar-refractivity contribution in [2.45, 2.75) is 76.3 Å². The fraction of sp³-hybridized carbons (Fsp3) is 0.517. The molecule has 38 heavy (non-hydrogen) atoms. The smallest absolute Gasteiger partial charge is 0.243 e. The molecule has 1 atom stereocenters. The Balaban J connectivity index is 1.67. The highest BCUT2D eigenvalue weighted by Gasteiger charge is 2.28. The molecule has 3 rings (SSSR count). The number of hydrogen-bond acceptors (Lipinski definition) is 5.